The second-order valence-corrected chi connectivity index (χ2v) is 10.7. The number of hydrogen-bond donors (Lipinski definition) is 1. The Morgan fingerprint density at radius 1 is 1.03 bits per heavy atom. The minimum absolute atomic E-state index is 0.0107. The molecule has 0 radical (unpaired) electrons. The fourth-order valence-corrected chi connectivity index (χ4v) is 6.30. The molecular formula is C24H36F6O. The first kappa shape index (κ1) is 26.4. The van der Waals surface area contributed by atoms with Crippen molar-refractivity contribution in [1.29, 1.82) is 0 Å². The van der Waals surface area contributed by atoms with E-state index in [1.165, 1.54) is 5.92 Å². The Morgan fingerprint density at radius 2 is 1.65 bits per heavy atom. The fourth-order valence-electron chi connectivity index (χ4n) is 6.30. The van der Waals surface area contributed by atoms with Crippen LogP contribution >= 0.6 is 0 Å². The van der Waals surface area contributed by atoms with Crippen LogP contribution < -0.4 is 0 Å². The van der Waals surface area contributed by atoms with E-state index in [-0.39, 0.29) is 29.8 Å². The van der Waals surface area contributed by atoms with Crippen molar-refractivity contribution in [3.63, 3.8) is 0 Å². The lowest BCUT2D eigenvalue weighted by Gasteiger charge is -2.49. The third-order valence-electron chi connectivity index (χ3n) is 7.85. The SMILES string of the molecule is CC(C)CCC[C@](C)(CC#CC(C(F)(F)F)C(F)(F)F)[C@H]1CC[C@H]2[C@@H](O)CCC[C@]12C. The third-order valence-corrected chi connectivity index (χ3v) is 7.85. The normalized spacial score (nSPS) is 31.3. The lowest BCUT2D eigenvalue weighted by Crippen LogP contribution is -2.45. The molecule has 0 amide bonds. The lowest BCUT2D eigenvalue weighted by atomic mass is 9.56. The number of hydrogen-bond acceptors (Lipinski definition) is 1. The van der Waals surface area contributed by atoms with Crippen LogP contribution in [0.2, 0.25) is 0 Å². The summed E-state index contributed by atoms with van der Waals surface area (Å²) in [5.74, 6) is 0.973. The van der Waals surface area contributed by atoms with Gasteiger partial charge in [-0.05, 0) is 60.7 Å². The molecule has 0 aliphatic heterocycles. The standard InChI is InChI=1S/C24H36F6O/c1-16(2)8-5-13-21(3,14-7-10-20(23(25,26)27)24(28,29)30)19-12-11-17-18(31)9-6-15-22(17,19)4/h16-20,31H,5-6,8-9,11-15H2,1-4H3/t17-,18-,19+,21+,22-/m0/s1. The molecule has 2 saturated carbocycles. The van der Waals surface area contributed by atoms with E-state index in [2.05, 4.69) is 26.7 Å². The van der Waals surface area contributed by atoms with Crippen LogP contribution in [0.5, 0.6) is 0 Å². The molecule has 0 aromatic heterocycles. The third kappa shape index (κ3) is 6.12. The molecule has 0 aromatic rings. The minimum atomic E-state index is -5.43. The first-order chi connectivity index (χ1) is 14.1. The Bertz CT molecular complexity index is 644. The van der Waals surface area contributed by atoms with E-state index < -0.39 is 23.7 Å². The predicted octanol–water partition coefficient (Wildman–Crippen LogP) is 7.53. The summed E-state index contributed by atoms with van der Waals surface area (Å²) in [6, 6.07) is 0. The molecule has 2 aliphatic rings. The van der Waals surface area contributed by atoms with Gasteiger partial charge in [-0.2, -0.15) is 26.3 Å². The van der Waals surface area contributed by atoms with E-state index in [1.807, 2.05) is 6.92 Å². The number of aliphatic hydroxyl groups is 1. The van der Waals surface area contributed by atoms with E-state index >= 15 is 0 Å². The van der Waals surface area contributed by atoms with Gasteiger partial charge < -0.3 is 5.11 Å². The quantitative estimate of drug-likeness (QED) is 0.325. The van der Waals surface area contributed by atoms with Crippen molar-refractivity contribution in [1.82, 2.24) is 0 Å². The van der Waals surface area contributed by atoms with E-state index in [1.54, 1.807) is 0 Å². The zero-order valence-corrected chi connectivity index (χ0v) is 19.0. The molecule has 2 rings (SSSR count). The number of alkyl halides is 6. The molecule has 2 fully saturated rings. The van der Waals surface area contributed by atoms with Crippen molar-refractivity contribution >= 4 is 0 Å². The zero-order valence-electron chi connectivity index (χ0n) is 19.0. The van der Waals surface area contributed by atoms with Crippen molar-refractivity contribution in [3.8, 4) is 11.8 Å². The fraction of sp³-hybridized carbons (Fsp3) is 0.917. The second-order valence-electron chi connectivity index (χ2n) is 10.7. The Kier molecular flexibility index (Phi) is 8.10. The van der Waals surface area contributed by atoms with Gasteiger partial charge >= 0.3 is 12.4 Å². The maximum atomic E-state index is 12.9. The van der Waals surface area contributed by atoms with Gasteiger partial charge in [0.2, 0.25) is 5.92 Å². The van der Waals surface area contributed by atoms with Crippen molar-refractivity contribution < 1.29 is 31.4 Å². The summed E-state index contributed by atoms with van der Waals surface area (Å²) in [4.78, 5) is 0. The smallest absolute Gasteiger partial charge is 0.393 e. The summed E-state index contributed by atoms with van der Waals surface area (Å²) in [6.07, 6.45) is -4.45. The number of fused-ring (bicyclic) bond motifs is 1. The molecule has 31 heavy (non-hydrogen) atoms. The molecule has 5 atom stereocenters. The highest BCUT2D eigenvalue weighted by Gasteiger charge is 2.57. The van der Waals surface area contributed by atoms with E-state index in [4.69, 9.17) is 0 Å². The molecule has 0 bridgehead atoms. The molecule has 0 saturated heterocycles. The second kappa shape index (κ2) is 9.53. The van der Waals surface area contributed by atoms with Gasteiger partial charge in [0.1, 0.15) is 0 Å². The summed E-state index contributed by atoms with van der Waals surface area (Å²) in [5, 5.41) is 10.5. The van der Waals surface area contributed by atoms with Crippen LogP contribution in [-0.2, 0) is 0 Å². The molecular weight excluding hydrogens is 418 g/mol. The highest BCUT2D eigenvalue weighted by molar-refractivity contribution is 5.13. The van der Waals surface area contributed by atoms with Crippen molar-refractivity contribution in [3.05, 3.63) is 0 Å². The summed E-state index contributed by atoms with van der Waals surface area (Å²) < 4.78 is 77.4. The van der Waals surface area contributed by atoms with E-state index in [0.29, 0.717) is 12.3 Å². The van der Waals surface area contributed by atoms with Gasteiger partial charge in [-0.15, -0.1) is 5.92 Å². The summed E-state index contributed by atoms with van der Waals surface area (Å²) >= 11 is 0. The predicted molar refractivity (Wildman–Crippen MR) is 109 cm³/mol. The van der Waals surface area contributed by atoms with Crippen LogP contribution in [0.25, 0.3) is 0 Å². The average molecular weight is 455 g/mol. The Labute approximate surface area is 182 Å². The lowest BCUT2D eigenvalue weighted by molar-refractivity contribution is -0.264. The monoisotopic (exact) mass is 454 g/mol. The maximum Gasteiger partial charge on any atom is 0.411 e. The number of rotatable bonds is 6. The molecule has 0 spiro atoms. The van der Waals surface area contributed by atoms with Gasteiger partial charge in [-0.25, -0.2) is 0 Å². The van der Waals surface area contributed by atoms with Gasteiger partial charge in [0.15, 0.2) is 0 Å². The summed E-state index contributed by atoms with van der Waals surface area (Å²) in [6.45, 7) is 8.33. The average Bonchev–Trinajstić information content (AvgIpc) is 2.95. The first-order valence-corrected chi connectivity index (χ1v) is 11.4. The Balaban J connectivity index is 2.31. The van der Waals surface area contributed by atoms with Crippen LogP contribution in [0.4, 0.5) is 26.3 Å². The van der Waals surface area contributed by atoms with Gasteiger partial charge in [0.05, 0.1) is 6.10 Å². The molecule has 7 heteroatoms. The topological polar surface area (TPSA) is 20.2 Å². The first-order valence-electron chi connectivity index (χ1n) is 11.4. The van der Waals surface area contributed by atoms with Crippen LogP contribution in [0, 0.1) is 46.3 Å². The van der Waals surface area contributed by atoms with Crippen molar-refractivity contribution in [2.75, 3.05) is 0 Å². The van der Waals surface area contributed by atoms with Crippen LogP contribution in [0.1, 0.15) is 85.5 Å². The number of aliphatic hydroxyl groups excluding tert-OH is 1. The molecule has 180 valence electrons. The molecule has 0 aromatic carbocycles. The molecule has 2 aliphatic carbocycles. The van der Waals surface area contributed by atoms with E-state index in [0.717, 1.165) is 44.9 Å². The van der Waals surface area contributed by atoms with Crippen molar-refractivity contribution in [2.24, 2.45) is 34.5 Å². The molecule has 0 heterocycles. The minimum Gasteiger partial charge on any atom is -0.393 e. The molecule has 0 unspecified atom stereocenters. The van der Waals surface area contributed by atoms with Crippen LogP contribution in [0.3, 0.4) is 0 Å². The Hall–Kier alpha value is -0.900. The Morgan fingerprint density at radius 3 is 2.19 bits per heavy atom. The van der Waals surface area contributed by atoms with Crippen LogP contribution in [0.15, 0.2) is 0 Å². The highest BCUT2D eigenvalue weighted by Crippen LogP contribution is 2.62. The summed E-state index contributed by atoms with van der Waals surface area (Å²) in [7, 11) is 0. The van der Waals surface area contributed by atoms with Gasteiger partial charge in [-0.1, -0.05) is 52.9 Å². The van der Waals surface area contributed by atoms with Gasteiger partial charge in [0, 0.05) is 6.42 Å². The molecule has 1 nitrogen and oxygen atoms in total. The maximum absolute atomic E-state index is 12.9. The highest BCUT2D eigenvalue weighted by atomic mass is 19.4. The van der Waals surface area contributed by atoms with Gasteiger partial charge in [0.25, 0.3) is 0 Å². The number of halogens is 6. The van der Waals surface area contributed by atoms with Gasteiger partial charge in [-0.3, -0.25) is 0 Å². The molecule has 1 N–H and O–H groups in total. The van der Waals surface area contributed by atoms with Crippen LogP contribution in [-0.4, -0.2) is 23.6 Å². The summed E-state index contributed by atoms with van der Waals surface area (Å²) in [5.41, 5.74) is -0.635. The van der Waals surface area contributed by atoms with Crippen molar-refractivity contribution in [2.45, 2.75) is 104 Å². The zero-order chi connectivity index (χ0) is 23.7. The largest absolute Gasteiger partial charge is 0.411 e. The van der Waals surface area contributed by atoms with E-state index in [9.17, 15) is 31.4 Å².